The maximum Gasteiger partial charge on any atom is 0.334 e. The summed E-state index contributed by atoms with van der Waals surface area (Å²) in [7, 11) is 0. The lowest BCUT2D eigenvalue weighted by Gasteiger charge is -2.59. The van der Waals surface area contributed by atoms with Gasteiger partial charge in [-0.15, -0.1) is 0 Å². The predicted molar refractivity (Wildman–Crippen MR) is 93.9 cm³/mol. The first-order valence-corrected chi connectivity index (χ1v) is 9.54. The molecule has 6 nitrogen and oxygen atoms in total. The van der Waals surface area contributed by atoms with Crippen LogP contribution >= 0.6 is 0 Å². The Labute approximate surface area is 154 Å². The van der Waals surface area contributed by atoms with Crippen molar-refractivity contribution in [2.75, 3.05) is 0 Å². The van der Waals surface area contributed by atoms with Crippen LogP contribution in [-0.4, -0.2) is 46.1 Å². The maximum atomic E-state index is 12.3. The molecule has 0 bridgehead atoms. The Morgan fingerprint density at radius 2 is 2.12 bits per heavy atom. The molecule has 1 aliphatic heterocycles. The summed E-state index contributed by atoms with van der Waals surface area (Å²) >= 11 is 0. The molecule has 8 unspecified atom stereocenters. The van der Waals surface area contributed by atoms with Crippen molar-refractivity contribution >= 4 is 11.9 Å². The number of esters is 2. The largest absolute Gasteiger partial charge is 0.459 e. The fourth-order valence-corrected chi connectivity index (χ4v) is 5.14. The van der Waals surface area contributed by atoms with E-state index in [0.717, 1.165) is 0 Å². The van der Waals surface area contributed by atoms with E-state index in [0.29, 0.717) is 24.8 Å². The summed E-state index contributed by atoms with van der Waals surface area (Å²) in [6.45, 7) is 11.1. The monoisotopic (exact) mass is 366 g/mol. The average Bonchev–Trinajstić information content (AvgIpc) is 2.85. The minimum atomic E-state index is -1.41. The molecule has 0 aromatic rings. The van der Waals surface area contributed by atoms with Crippen molar-refractivity contribution in [1.29, 1.82) is 0 Å². The molecule has 2 N–H and O–H groups in total. The number of rotatable bonds is 3. The van der Waals surface area contributed by atoms with Crippen molar-refractivity contribution in [2.45, 2.75) is 77.3 Å². The summed E-state index contributed by atoms with van der Waals surface area (Å²) in [6, 6.07) is 0. The standard InChI is InChI=1S/C20H30O6/c1-6-10(2)17(22)25-14-9-13(21)19(4)8-7-12-11(3)18(23)26-15(12)16(19)20(14,5)24/h10,12-16,21,24H,3,6-9H2,1-2,4-5H3. The summed E-state index contributed by atoms with van der Waals surface area (Å²) < 4.78 is 11.2. The third-order valence-corrected chi connectivity index (χ3v) is 7.14. The molecule has 1 saturated heterocycles. The number of aliphatic hydroxyl groups excluding tert-OH is 1. The molecule has 8 atom stereocenters. The van der Waals surface area contributed by atoms with Crippen LogP contribution in [-0.2, 0) is 19.1 Å². The number of carbonyl (C=O) groups excluding carboxylic acids is 2. The van der Waals surface area contributed by atoms with Crippen molar-refractivity contribution in [2.24, 2.45) is 23.2 Å². The first kappa shape index (κ1) is 19.4. The highest BCUT2D eigenvalue weighted by Gasteiger charge is 2.66. The van der Waals surface area contributed by atoms with E-state index in [1.165, 1.54) is 0 Å². The summed E-state index contributed by atoms with van der Waals surface area (Å²) in [5.41, 5.74) is -1.60. The van der Waals surface area contributed by atoms with Gasteiger partial charge in [0.15, 0.2) is 0 Å². The minimum Gasteiger partial charge on any atom is -0.459 e. The Morgan fingerprint density at radius 1 is 1.46 bits per heavy atom. The highest BCUT2D eigenvalue weighted by Crippen LogP contribution is 2.59. The molecule has 0 amide bonds. The van der Waals surface area contributed by atoms with Crippen molar-refractivity contribution in [3.63, 3.8) is 0 Å². The zero-order valence-corrected chi connectivity index (χ0v) is 16.0. The van der Waals surface area contributed by atoms with Crippen molar-refractivity contribution in [1.82, 2.24) is 0 Å². The van der Waals surface area contributed by atoms with Crippen molar-refractivity contribution < 1.29 is 29.3 Å². The van der Waals surface area contributed by atoms with Gasteiger partial charge in [-0.2, -0.15) is 0 Å². The molecule has 26 heavy (non-hydrogen) atoms. The summed E-state index contributed by atoms with van der Waals surface area (Å²) in [5, 5.41) is 22.3. The Hall–Kier alpha value is -1.40. The van der Waals surface area contributed by atoms with Gasteiger partial charge in [-0.25, -0.2) is 4.79 Å². The van der Waals surface area contributed by atoms with E-state index in [1.807, 2.05) is 13.8 Å². The SMILES string of the molecule is C=C1C(=O)OC2C1CCC1(C)C(O)CC(OC(=O)C(C)CC)C(C)(O)C21. The molecule has 0 aromatic heterocycles. The van der Waals surface area contributed by atoms with Crippen LogP contribution in [0.2, 0.25) is 0 Å². The zero-order valence-electron chi connectivity index (χ0n) is 16.0. The van der Waals surface area contributed by atoms with E-state index in [4.69, 9.17) is 9.47 Å². The van der Waals surface area contributed by atoms with Crippen LogP contribution in [0.1, 0.15) is 53.4 Å². The van der Waals surface area contributed by atoms with Crippen LogP contribution in [0.15, 0.2) is 12.2 Å². The van der Waals surface area contributed by atoms with E-state index in [9.17, 15) is 19.8 Å². The maximum absolute atomic E-state index is 12.3. The van der Waals surface area contributed by atoms with E-state index >= 15 is 0 Å². The number of hydrogen-bond acceptors (Lipinski definition) is 6. The second-order valence-electron chi connectivity index (χ2n) is 8.74. The van der Waals surface area contributed by atoms with Crippen molar-refractivity contribution in [3.8, 4) is 0 Å². The molecule has 1 heterocycles. The third-order valence-electron chi connectivity index (χ3n) is 7.14. The molecule has 3 fully saturated rings. The van der Waals surface area contributed by atoms with Gasteiger partial charge in [0.2, 0.25) is 0 Å². The highest BCUT2D eigenvalue weighted by molar-refractivity contribution is 5.91. The molecule has 6 heteroatoms. The molecule has 146 valence electrons. The molecule has 0 spiro atoms. The summed E-state index contributed by atoms with van der Waals surface area (Å²) in [6.07, 6.45) is 0.00119. The van der Waals surface area contributed by atoms with Crippen LogP contribution in [0.3, 0.4) is 0 Å². The smallest absolute Gasteiger partial charge is 0.334 e. The minimum absolute atomic E-state index is 0.164. The van der Waals surface area contributed by atoms with E-state index in [-0.39, 0.29) is 24.2 Å². The highest BCUT2D eigenvalue weighted by atomic mass is 16.6. The number of hydrogen-bond donors (Lipinski definition) is 2. The number of aliphatic hydroxyl groups is 2. The number of ether oxygens (including phenoxy) is 2. The first-order valence-electron chi connectivity index (χ1n) is 9.54. The molecular weight excluding hydrogens is 336 g/mol. The fraction of sp³-hybridized carbons (Fsp3) is 0.800. The van der Waals surface area contributed by atoms with Gasteiger partial charge in [0.25, 0.3) is 0 Å². The molecule has 3 aliphatic rings. The predicted octanol–water partition coefficient (Wildman–Crippen LogP) is 1.97. The Balaban J connectivity index is 1.94. The van der Waals surface area contributed by atoms with E-state index < -0.39 is 41.2 Å². The van der Waals surface area contributed by atoms with Gasteiger partial charge in [-0.05, 0) is 26.2 Å². The second-order valence-corrected chi connectivity index (χ2v) is 8.74. The van der Waals surface area contributed by atoms with Crippen LogP contribution in [0, 0.1) is 23.2 Å². The lowest BCUT2D eigenvalue weighted by atomic mass is 9.50. The Kier molecular flexibility index (Phi) is 4.72. The van der Waals surface area contributed by atoms with Gasteiger partial charge < -0.3 is 19.7 Å². The fourth-order valence-electron chi connectivity index (χ4n) is 5.14. The quantitative estimate of drug-likeness (QED) is 0.586. The molecule has 0 radical (unpaired) electrons. The van der Waals surface area contributed by atoms with Crippen LogP contribution in [0.25, 0.3) is 0 Å². The first-order chi connectivity index (χ1) is 12.0. The van der Waals surface area contributed by atoms with Crippen LogP contribution < -0.4 is 0 Å². The Morgan fingerprint density at radius 3 is 2.73 bits per heavy atom. The Bertz CT molecular complexity index is 626. The van der Waals surface area contributed by atoms with E-state index in [1.54, 1.807) is 13.8 Å². The summed E-state index contributed by atoms with van der Waals surface area (Å²) in [5.74, 6) is -1.79. The van der Waals surface area contributed by atoms with Crippen LogP contribution in [0.4, 0.5) is 0 Å². The van der Waals surface area contributed by atoms with E-state index in [2.05, 4.69) is 6.58 Å². The molecule has 2 aliphatic carbocycles. The van der Waals surface area contributed by atoms with Gasteiger partial charge in [0.05, 0.1) is 12.0 Å². The lowest BCUT2D eigenvalue weighted by molar-refractivity contribution is -0.256. The summed E-state index contributed by atoms with van der Waals surface area (Å²) in [4.78, 5) is 24.3. The molecule has 3 rings (SSSR count). The van der Waals surface area contributed by atoms with Gasteiger partial charge in [0.1, 0.15) is 17.8 Å². The van der Waals surface area contributed by atoms with Gasteiger partial charge in [0, 0.05) is 29.2 Å². The zero-order chi connectivity index (χ0) is 19.4. The molecular formula is C20H30O6. The van der Waals surface area contributed by atoms with Crippen LogP contribution in [0.5, 0.6) is 0 Å². The average molecular weight is 366 g/mol. The number of fused-ring (bicyclic) bond motifs is 3. The second kappa shape index (κ2) is 6.34. The van der Waals surface area contributed by atoms with Gasteiger partial charge in [-0.1, -0.05) is 27.4 Å². The van der Waals surface area contributed by atoms with Gasteiger partial charge in [-0.3, -0.25) is 4.79 Å². The molecule has 2 saturated carbocycles. The normalized spacial score (nSPS) is 46.2. The number of carbonyl (C=O) groups is 2. The molecule has 0 aromatic carbocycles. The van der Waals surface area contributed by atoms with Gasteiger partial charge >= 0.3 is 11.9 Å². The third kappa shape index (κ3) is 2.69. The lowest BCUT2D eigenvalue weighted by Crippen LogP contribution is -2.68. The topological polar surface area (TPSA) is 93.1 Å². The van der Waals surface area contributed by atoms with Crippen molar-refractivity contribution in [3.05, 3.63) is 12.2 Å².